The number of halogens is 3. The van der Waals surface area contributed by atoms with Crippen LogP contribution >= 0.6 is 11.3 Å². The van der Waals surface area contributed by atoms with E-state index in [0.717, 1.165) is 11.3 Å². The Morgan fingerprint density at radius 3 is 2.59 bits per heavy atom. The average Bonchev–Trinajstić information content (AvgIpc) is 3.47. The minimum Gasteiger partial charge on any atom is -0.489 e. The number of anilines is 1. The number of ether oxygens (including phenoxy) is 2. The monoisotopic (exact) mass is 586 g/mol. The number of aliphatic hydroxyl groups is 1. The molecule has 1 aliphatic rings. The standard InChI is InChI=1S/C28H25F3N4O5S/c1-27(24(32)37)12-39-23-16(27)11-20(34-21(23)13-3-5-15(29)6-4-13)28(2,38)8-7-17(36)14-9-18(40-25(30)31)22-19(10-14)41-26(33)35-22/h3-6,9-11,25,38H,7-8,12H2,1-2H3,(H2,32,37)(H2,33,35)/t27-,28-/m0/s1. The zero-order valence-electron chi connectivity index (χ0n) is 21.9. The van der Waals surface area contributed by atoms with Gasteiger partial charge in [-0.05, 0) is 62.7 Å². The minimum atomic E-state index is -3.14. The van der Waals surface area contributed by atoms with Crippen molar-refractivity contribution in [2.75, 3.05) is 12.3 Å². The summed E-state index contributed by atoms with van der Waals surface area (Å²) in [6.07, 6.45) is -0.322. The molecule has 13 heteroatoms. The molecule has 214 valence electrons. The first-order valence-corrected chi connectivity index (χ1v) is 13.3. The molecule has 5 N–H and O–H groups in total. The fourth-order valence-electron chi connectivity index (χ4n) is 4.66. The van der Waals surface area contributed by atoms with Gasteiger partial charge in [-0.2, -0.15) is 8.78 Å². The number of nitrogen functional groups attached to an aromatic ring is 1. The molecule has 2 aromatic heterocycles. The molecule has 2 atom stereocenters. The van der Waals surface area contributed by atoms with Gasteiger partial charge in [-0.3, -0.25) is 9.59 Å². The van der Waals surface area contributed by atoms with Crippen LogP contribution in [0.4, 0.5) is 18.3 Å². The van der Waals surface area contributed by atoms with Crippen molar-refractivity contribution in [3.05, 3.63) is 65.1 Å². The Balaban J connectivity index is 1.48. The Bertz CT molecular complexity index is 1680. The van der Waals surface area contributed by atoms with Crippen LogP contribution in [-0.2, 0) is 15.8 Å². The van der Waals surface area contributed by atoms with E-state index in [-0.39, 0.29) is 58.5 Å². The Morgan fingerprint density at radius 1 is 1.22 bits per heavy atom. The van der Waals surface area contributed by atoms with Crippen LogP contribution in [0.25, 0.3) is 21.5 Å². The lowest BCUT2D eigenvalue weighted by Gasteiger charge is -2.26. The largest absolute Gasteiger partial charge is 0.489 e. The van der Waals surface area contributed by atoms with Crippen molar-refractivity contribution in [3.8, 4) is 22.8 Å². The van der Waals surface area contributed by atoms with Crippen LogP contribution in [0.15, 0.2) is 42.5 Å². The maximum atomic E-state index is 13.6. The molecule has 0 saturated heterocycles. The molecule has 4 aromatic rings. The van der Waals surface area contributed by atoms with Gasteiger partial charge in [-0.15, -0.1) is 0 Å². The summed E-state index contributed by atoms with van der Waals surface area (Å²) in [5, 5.41) is 11.6. The second-order valence-electron chi connectivity index (χ2n) is 10.2. The number of hydrogen-bond donors (Lipinski definition) is 3. The molecule has 1 aliphatic heterocycles. The average molecular weight is 587 g/mol. The molecule has 2 aromatic carbocycles. The summed E-state index contributed by atoms with van der Waals surface area (Å²) < 4.78 is 50.4. The number of hydrogen-bond acceptors (Lipinski definition) is 9. The lowest BCUT2D eigenvalue weighted by molar-refractivity contribution is -0.123. The number of aromatic nitrogens is 2. The van der Waals surface area contributed by atoms with Gasteiger partial charge in [0, 0.05) is 23.1 Å². The molecule has 0 fully saturated rings. The molecule has 3 heterocycles. The van der Waals surface area contributed by atoms with E-state index in [1.165, 1.54) is 49.4 Å². The third-order valence-corrected chi connectivity index (χ3v) is 7.97. The predicted octanol–water partition coefficient (Wildman–Crippen LogP) is 4.69. The number of pyridine rings is 1. The van der Waals surface area contributed by atoms with E-state index in [1.807, 2.05) is 0 Å². The third-order valence-electron chi connectivity index (χ3n) is 7.14. The van der Waals surface area contributed by atoms with Gasteiger partial charge in [0.1, 0.15) is 40.4 Å². The number of fused-ring (bicyclic) bond motifs is 2. The van der Waals surface area contributed by atoms with Crippen LogP contribution in [0.1, 0.15) is 48.3 Å². The summed E-state index contributed by atoms with van der Waals surface area (Å²) in [6, 6.07) is 9.64. The van der Waals surface area contributed by atoms with Crippen molar-refractivity contribution in [2.24, 2.45) is 5.73 Å². The van der Waals surface area contributed by atoms with Gasteiger partial charge >= 0.3 is 6.61 Å². The van der Waals surface area contributed by atoms with Gasteiger partial charge in [-0.25, -0.2) is 14.4 Å². The molecular formula is C28H25F3N4O5S. The molecule has 1 amide bonds. The topological polar surface area (TPSA) is 151 Å². The molecule has 0 bridgehead atoms. The van der Waals surface area contributed by atoms with Crippen LogP contribution in [-0.4, -0.2) is 40.0 Å². The molecule has 5 rings (SSSR count). The Hall–Kier alpha value is -4.23. The van der Waals surface area contributed by atoms with Crippen LogP contribution < -0.4 is 20.9 Å². The molecule has 9 nitrogen and oxygen atoms in total. The zero-order chi connectivity index (χ0) is 29.7. The van der Waals surface area contributed by atoms with E-state index in [2.05, 4.69) is 14.7 Å². The van der Waals surface area contributed by atoms with Crippen molar-refractivity contribution >= 4 is 38.4 Å². The van der Waals surface area contributed by atoms with Crippen molar-refractivity contribution in [1.29, 1.82) is 0 Å². The van der Waals surface area contributed by atoms with Crippen molar-refractivity contribution in [3.63, 3.8) is 0 Å². The number of nitrogens with two attached hydrogens (primary N) is 2. The molecule has 0 aliphatic carbocycles. The highest BCUT2D eigenvalue weighted by atomic mass is 32.1. The lowest BCUT2D eigenvalue weighted by atomic mass is 9.81. The second-order valence-corrected chi connectivity index (χ2v) is 11.2. The number of primary amides is 1. The number of carbonyl (C=O) groups excluding carboxylic acids is 2. The number of carbonyl (C=O) groups is 2. The van der Waals surface area contributed by atoms with Crippen LogP contribution in [0, 0.1) is 5.82 Å². The summed E-state index contributed by atoms with van der Waals surface area (Å²) in [5.74, 6) is -1.55. The lowest BCUT2D eigenvalue weighted by Crippen LogP contribution is -2.40. The predicted molar refractivity (Wildman–Crippen MR) is 145 cm³/mol. The van der Waals surface area contributed by atoms with Gasteiger partial charge in [0.15, 0.2) is 16.7 Å². The smallest absolute Gasteiger partial charge is 0.387 e. The number of thiazole rings is 1. The fourth-order valence-corrected chi connectivity index (χ4v) is 5.45. The summed E-state index contributed by atoms with van der Waals surface area (Å²) in [7, 11) is 0. The number of ketones is 1. The number of amides is 1. The number of nitrogens with zero attached hydrogens (tertiary/aromatic N) is 2. The van der Waals surface area contributed by atoms with Gasteiger partial charge in [0.25, 0.3) is 0 Å². The molecule has 0 saturated carbocycles. The van der Waals surface area contributed by atoms with Crippen LogP contribution in [0.5, 0.6) is 11.5 Å². The van der Waals surface area contributed by atoms with E-state index in [9.17, 15) is 27.9 Å². The first-order valence-electron chi connectivity index (χ1n) is 12.4. The van der Waals surface area contributed by atoms with E-state index >= 15 is 0 Å². The molecule has 0 radical (unpaired) electrons. The molecule has 41 heavy (non-hydrogen) atoms. The van der Waals surface area contributed by atoms with Gasteiger partial charge in [-0.1, -0.05) is 11.3 Å². The number of benzene rings is 2. The van der Waals surface area contributed by atoms with Gasteiger partial charge in [0.2, 0.25) is 5.91 Å². The van der Waals surface area contributed by atoms with Gasteiger partial charge < -0.3 is 26.0 Å². The highest BCUT2D eigenvalue weighted by molar-refractivity contribution is 7.22. The highest BCUT2D eigenvalue weighted by Gasteiger charge is 2.45. The van der Waals surface area contributed by atoms with E-state index < -0.39 is 35.1 Å². The first kappa shape index (κ1) is 28.3. The number of rotatable bonds is 9. The van der Waals surface area contributed by atoms with E-state index in [4.69, 9.17) is 16.2 Å². The molecular weight excluding hydrogens is 561 g/mol. The van der Waals surface area contributed by atoms with Crippen LogP contribution in [0.2, 0.25) is 0 Å². The summed E-state index contributed by atoms with van der Waals surface area (Å²) in [5.41, 5.74) is 9.99. The summed E-state index contributed by atoms with van der Waals surface area (Å²) >= 11 is 1.02. The van der Waals surface area contributed by atoms with Crippen molar-refractivity contribution in [1.82, 2.24) is 9.97 Å². The molecule has 0 unspecified atom stereocenters. The number of alkyl halides is 2. The van der Waals surface area contributed by atoms with Crippen molar-refractivity contribution < 1.29 is 37.3 Å². The summed E-state index contributed by atoms with van der Waals surface area (Å²) in [4.78, 5) is 34.2. The Labute approximate surface area is 235 Å². The van der Waals surface area contributed by atoms with Crippen molar-refractivity contribution in [2.45, 2.75) is 44.3 Å². The SMILES string of the molecule is C[C@](O)(CCC(=O)c1cc(OC(F)F)c2nc(N)sc2c1)c1cc2c(c(-c3ccc(F)cc3)n1)OC[C@]2(C)C(N)=O. The normalized spacial score (nSPS) is 17.7. The third kappa shape index (κ3) is 5.30. The van der Waals surface area contributed by atoms with E-state index in [0.29, 0.717) is 15.8 Å². The molecule has 0 spiro atoms. The van der Waals surface area contributed by atoms with Crippen LogP contribution in [0.3, 0.4) is 0 Å². The number of Topliss-reactive ketones (excluding diaryl/α,β-unsaturated/α-hetero) is 1. The maximum absolute atomic E-state index is 13.6. The highest BCUT2D eigenvalue weighted by Crippen LogP contribution is 2.46. The maximum Gasteiger partial charge on any atom is 0.387 e. The van der Waals surface area contributed by atoms with E-state index in [1.54, 1.807) is 6.92 Å². The zero-order valence-corrected chi connectivity index (χ0v) is 22.7. The first-order chi connectivity index (χ1) is 19.3. The van der Waals surface area contributed by atoms with Gasteiger partial charge in [0.05, 0.1) is 10.4 Å². The quantitative estimate of drug-likeness (QED) is 0.239. The Morgan fingerprint density at radius 2 is 1.93 bits per heavy atom. The second kappa shape index (κ2) is 10.3. The minimum absolute atomic E-state index is 0.0504. The summed E-state index contributed by atoms with van der Waals surface area (Å²) in [6.45, 7) is -0.118. The fraction of sp³-hybridized carbons (Fsp3) is 0.286. The Kier molecular flexibility index (Phi) is 7.12.